The first-order valence-electron chi connectivity index (χ1n) is 6.93. The first kappa shape index (κ1) is 15.6. The molecule has 0 spiro atoms. The molecule has 0 unspecified atom stereocenters. The summed E-state index contributed by atoms with van der Waals surface area (Å²) in [6.45, 7) is 0.0402. The zero-order valence-electron chi connectivity index (χ0n) is 12.0. The number of fused-ring (bicyclic) bond motifs is 1. The Kier molecular flexibility index (Phi) is 4.41. The van der Waals surface area contributed by atoms with Crippen molar-refractivity contribution in [3.8, 4) is 0 Å². The summed E-state index contributed by atoms with van der Waals surface area (Å²) in [5, 5.41) is 6.59. The number of carbonyl (C=O) groups excluding carboxylic acids is 2. The van der Waals surface area contributed by atoms with Gasteiger partial charge in [0.25, 0.3) is 0 Å². The molecule has 2 aromatic rings. The van der Waals surface area contributed by atoms with Crippen molar-refractivity contribution >= 4 is 52.1 Å². The molecule has 1 aliphatic heterocycles. The minimum absolute atomic E-state index is 0.00109. The first-order chi connectivity index (χ1) is 11.0. The van der Waals surface area contributed by atoms with Gasteiger partial charge in [0.1, 0.15) is 6.54 Å². The number of carbonyl (C=O) groups is 2. The molecule has 0 bridgehead atoms. The molecule has 7 heteroatoms. The highest BCUT2D eigenvalue weighted by Gasteiger charge is 2.26. The molecule has 0 atom stereocenters. The molecular formula is C16H13Cl2N3O2. The van der Waals surface area contributed by atoms with Gasteiger partial charge in [0, 0.05) is 5.69 Å². The summed E-state index contributed by atoms with van der Waals surface area (Å²) < 4.78 is 0. The second-order valence-electron chi connectivity index (χ2n) is 5.03. The van der Waals surface area contributed by atoms with Crippen LogP contribution in [0.2, 0.25) is 10.0 Å². The monoisotopic (exact) mass is 349 g/mol. The number of para-hydroxylation sites is 2. The van der Waals surface area contributed by atoms with E-state index in [1.807, 2.05) is 6.07 Å². The van der Waals surface area contributed by atoms with Crippen molar-refractivity contribution in [2.75, 3.05) is 28.6 Å². The standard InChI is InChI=1S/C16H13Cl2N3O2/c17-11-6-5-10(7-12(11)18)19-8-16(23)21-9-15(22)20-13-3-1-2-4-14(13)21/h1-7,19H,8-9H2,(H,20,22). The van der Waals surface area contributed by atoms with Gasteiger partial charge in [0.15, 0.2) is 0 Å². The second kappa shape index (κ2) is 6.48. The van der Waals surface area contributed by atoms with Crippen molar-refractivity contribution in [2.24, 2.45) is 0 Å². The van der Waals surface area contributed by atoms with Gasteiger partial charge in [-0.05, 0) is 30.3 Å². The lowest BCUT2D eigenvalue weighted by molar-refractivity contribution is -0.120. The molecule has 2 aromatic carbocycles. The number of halogens is 2. The lowest BCUT2D eigenvalue weighted by Crippen LogP contribution is -2.44. The zero-order valence-corrected chi connectivity index (χ0v) is 13.5. The lowest BCUT2D eigenvalue weighted by atomic mass is 10.2. The molecule has 2 N–H and O–H groups in total. The van der Waals surface area contributed by atoms with Crippen LogP contribution in [-0.4, -0.2) is 24.9 Å². The molecule has 1 heterocycles. The Morgan fingerprint density at radius 2 is 1.96 bits per heavy atom. The van der Waals surface area contributed by atoms with E-state index in [4.69, 9.17) is 23.2 Å². The highest BCUT2D eigenvalue weighted by Crippen LogP contribution is 2.29. The maximum absolute atomic E-state index is 12.5. The highest BCUT2D eigenvalue weighted by molar-refractivity contribution is 6.42. The number of amides is 2. The van der Waals surface area contributed by atoms with Crippen molar-refractivity contribution < 1.29 is 9.59 Å². The molecule has 1 aliphatic rings. The van der Waals surface area contributed by atoms with E-state index in [1.165, 1.54) is 4.90 Å². The zero-order chi connectivity index (χ0) is 16.4. The largest absolute Gasteiger partial charge is 0.376 e. The van der Waals surface area contributed by atoms with Crippen molar-refractivity contribution in [2.45, 2.75) is 0 Å². The molecule has 23 heavy (non-hydrogen) atoms. The number of benzene rings is 2. The summed E-state index contributed by atoms with van der Waals surface area (Å²) in [5.74, 6) is -0.426. The molecule has 118 valence electrons. The van der Waals surface area contributed by atoms with E-state index in [1.54, 1.807) is 36.4 Å². The minimum atomic E-state index is -0.216. The number of nitrogens with zero attached hydrogens (tertiary/aromatic N) is 1. The van der Waals surface area contributed by atoms with Crippen LogP contribution in [0.3, 0.4) is 0 Å². The fourth-order valence-electron chi connectivity index (χ4n) is 2.33. The molecule has 0 aliphatic carbocycles. The third-order valence-electron chi connectivity index (χ3n) is 3.44. The predicted molar refractivity (Wildman–Crippen MR) is 92.4 cm³/mol. The summed E-state index contributed by atoms with van der Waals surface area (Å²) in [6, 6.07) is 12.2. The van der Waals surface area contributed by atoms with E-state index in [9.17, 15) is 9.59 Å². The molecule has 3 rings (SSSR count). The Morgan fingerprint density at radius 3 is 2.74 bits per heavy atom. The van der Waals surface area contributed by atoms with E-state index in [0.717, 1.165) is 0 Å². The van der Waals surface area contributed by atoms with E-state index < -0.39 is 0 Å². The lowest BCUT2D eigenvalue weighted by Gasteiger charge is -2.29. The van der Waals surface area contributed by atoms with Gasteiger partial charge in [0.05, 0.1) is 28.0 Å². The molecule has 0 aromatic heterocycles. The van der Waals surface area contributed by atoms with Crippen LogP contribution < -0.4 is 15.5 Å². The Balaban J connectivity index is 1.73. The average Bonchev–Trinajstić information content (AvgIpc) is 2.54. The van der Waals surface area contributed by atoms with Gasteiger partial charge in [-0.25, -0.2) is 0 Å². The van der Waals surface area contributed by atoms with Gasteiger partial charge in [-0.3, -0.25) is 14.5 Å². The van der Waals surface area contributed by atoms with Gasteiger partial charge >= 0.3 is 0 Å². The highest BCUT2D eigenvalue weighted by atomic mass is 35.5. The van der Waals surface area contributed by atoms with E-state index in [2.05, 4.69) is 10.6 Å². The van der Waals surface area contributed by atoms with Crippen molar-refractivity contribution in [1.82, 2.24) is 0 Å². The predicted octanol–water partition coefficient (Wildman–Crippen LogP) is 3.39. The number of nitrogens with one attached hydrogen (secondary N) is 2. The Hall–Kier alpha value is -2.24. The van der Waals surface area contributed by atoms with Crippen LogP contribution in [0.1, 0.15) is 0 Å². The fraction of sp³-hybridized carbons (Fsp3) is 0.125. The maximum atomic E-state index is 12.5. The minimum Gasteiger partial charge on any atom is -0.376 e. The molecule has 0 saturated heterocycles. The number of hydrogen-bond acceptors (Lipinski definition) is 3. The van der Waals surface area contributed by atoms with Gasteiger partial charge in [-0.2, -0.15) is 0 Å². The molecule has 0 saturated carbocycles. The van der Waals surface area contributed by atoms with Crippen LogP contribution in [0.15, 0.2) is 42.5 Å². The summed E-state index contributed by atoms with van der Waals surface area (Å²) in [7, 11) is 0. The smallest absolute Gasteiger partial charge is 0.246 e. The summed E-state index contributed by atoms with van der Waals surface area (Å²) in [6.07, 6.45) is 0. The van der Waals surface area contributed by atoms with E-state index >= 15 is 0 Å². The van der Waals surface area contributed by atoms with Crippen LogP contribution in [0.5, 0.6) is 0 Å². The van der Waals surface area contributed by atoms with Crippen molar-refractivity contribution in [3.63, 3.8) is 0 Å². The number of hydrogen-bond donors (Lipinski definition) is 2. The van der Waals surface area contributed by atoms with Crippen LogP contribution >= 0.6 is 23.2 Å². The third-order valence-corrected chi connectivity index (χ3v) is 4.17. The van der Waals surface area contributed by atoms with Crippen molar-refractivity contribution in [3.05, 3.63) is 52.5 Å². The topological polar surface area (TPSA) is 61.4 Å². The van der Waals surface area contributed by atoms with Gasteiger partial charge in [0.2, 0.25) is 11.8 Å². The third kappa shape index (κ3) is 3.41. The van der Waals surface area contributed by atoms with Crippen molar-refractivity contribution in [1.29, 1.82) is 0 Å². The van der Waals surface area contributed by atoms with Gasteiger partial charge in [-0.15, -0.1) is 0 Å². The normalized spacial score (nSPS) is 13.3. The molecule has 5 nitrogen and oxygen atoms in total. The van der Waals surface area contributed by atoms with E-state index in [-0.39, 0.29) is 24.9 Å². The van der Waals surface area contributed by atoms with Gasteiger partial charge < -0.3 is 10.6 Å². The first-order valence-corrected chi connectivity index (χ1v) is 7.68. The average molecular weight is 350 g/mol. The fourth-order valence-corrected chi connectivity index (χ4v) is 2.63. The molecular weight excluding hydrogens is 337 g/mol. The van der Waals surface area contributed by atoms with Crippen LogP contribution in [0, 0.1) is 0 Å². The summed E-state index contributed by atoms with van der Waals surface area (Å²) in [5.41, 5.74) is 2.00. The summed E-state index contributed by atoms with van der Waals surface area (Å²) >= 11 is 11.8. The van der Waals surface area contributed by atoms with E-state index in [0.29, 0.717) is 27.1 Å². The Labute approximate surface area is 143 Å². The molecule has 0 radical (unpaired) electrons. The molecule has 0 fully saturated rings. The summed E-state index contributed by atoms with van der Waals surface area (Å²) in [4.78, 5) is 25.7. The molecule has 2 amide bonds. The van der Waals surface area contributed by atoms with Crippen LogP contribution in [0.4, 0.5) is 17.1 Å². The van der Waals surface area contributed by atoms with Crippen LogP contribution in [0.25, 0.3) is 0 Å². The second-order valence-corrected chi connectivity index (χ2v) is 5.84. The Bertz CT molecular complexity index is 780. The van der Waals surface area contributed by atoms with Crippen LogP contribution in [-0.2, 0) is 9.59 Å². The maximum Gasteiger partial charge on any atom is 0.246 e. The Morgan fingerprint density at radius 1 is 1.17 bits per heavy atom. The quantitative estimate of drug-likeness (QED) is 0.892. The number of rotatable bonds is 3. The SMILES string of the molecule is O=C1CN(C(=O)CNc2ccc(Cl)c(Cl)c2)c2ccccc2N1. The number of anilines is 3. The van der Waals surface area contributed by atoms with Gasteiger partial charge in [-0.1, -0.05) is 35.3 Å².